The van der Waals surface area contributed by atoms with Gasteiger partial charge in [0.2, 0.25) is 0 Å². The van der Waals surface area contributed by atoms with Crippen LogP contribution in [0.15, 0.2) is 48.5 Å². The van der Waals surface area contributed by atoms with Gasteiger partial charge in [-0.25, -0.2) is 0 Å². The van der Waals surface area contributed by atoms with E-state index >= 15 is 0 Å². The van der Waals surface area contributed by atoms with Gasteiger partial charge in [0, 0.05) is 0 Å². The molecule has 1 N–H and O–H groups in total. The van der Waals surface area contributed by atoms with Crippen molar-refractivity contribution in [3.8, 4) is 23.0 Å². The largest absolute Gasteiger partial charge is 0.497 e. The number of ether oxygens (including phenoxy) is 4. The summed E-state index contributed by atoms with van der Waals surface area (Å²) in [5, 5.41) is 2.83. The van der Waals surface area contributed by atoms with E-state index in [4.69, 9.17) is 18.9 Å². The molecule has 140 valence electrons. The minimum atomic E-state index is -0.551. The Balaban J connectivity index is 1.75. The summed E-state index contributed by atoms with van der Waals surface area (Å²) in [6.07, 6.45) is 0.0152. The van der Waals surface area contributed by atoms with E-state index < -0.39 is 6.10 Å². The van der Waals surface area contributed by atoms with Crippen LogP contribution < -0.4 is 24.3 Å². The first-order chi connectivity index (χ1) is 12.7. The van der Waals surface area contributed by atoms with Crippen LogP contribution in [0.25, 0.3) is 0 Å². The van der Waals surface area contributed by atoms with E-state index in [2.05, 4.69) is 5.32 Å². The minimum absolute atomic E-state index is 0.165. The first-order valence-corrected chi connectivity index (χ1v) is 8.51. The van der Waals surface area contributed by atoms with Crippen molar-refractivity contribution in [1.82, 2.24) is 5.32 Å². The number of hydrogen-bond donors (Lipinski definition) is 1. The molecule has 0 unspecified atom stereocenters. The van der Waals surface area contributed by atoms with Gasteiger partial charge in [-0.05, 0) is 55.0 Å². The highest BCUT2D eigenvalue weighted by Gasteiger charge is 2.17. The van der Waals surface area contributed by atoms with Crippen LogP contribution in [0, 0.1) is 0 Å². The molecule has 1 atom stereocenters. The zero-order chi connectivity index (χ0) is 18.8. The lowest BCUT2D eigenvalue weighted by molar-refractivity contribution is -0.128. The van der Waals surface area contributed by atoms with Crippen LogP contribution in [-0.4, -0.2) is 39.4 Å². The maximum absolute atomic E-state index is 12.3. The molecule has 0 aliphatic rings. The summed E-state index contributed by atoms with van der Waals surface area (Å²) in [4.78, 5) is 12.3. The third-order valence-corrected chi connectivity index (χ3v) is 3.73. The molecule has 0 aliphatic heterocycles. The molecule has 2 rings (SSSR count). The highest BCUT2D eigenvalue weighted by Crippen LogP contribution is 2.19. The van der Waals surface area contributed by atoms with Crippen molar-refractivity contribution in [2.45, 2.75) is 19.4 Å². The summed E-state index contributed by atoms with van der Waals surface area (Å²) >= 11 is 0. The molecule has 0 fully saturated rings. The summed E-state index contributed by atoms with van der Waals surface area (Å²) in [6, 6.07) is 14.4. The molecular weight excluding hydrogens is 334 g/mol. The predicted molar refractivity (Wildman–Crippen MR) is 99.2 cm³/mol. The van der Waals surface area contributed by atoms with Crippen molar-refractivity contribution in [2.75, 3.05) is 27.4 Å². The monoisotopic (exact) mass is 359 g/mol. The Hall–Kier alpha value is -2.89. The second-order valence-corrected chi connectivity index (χ2v) is 5.51. The number of amides is 1. The van der Waals surface area contributed by atoms with Gasteiger partial charge >= 0.3 is 0 Å². The Kier molecular flexibility index (Phi) is 7.61. The van der Waals surface area contributed by atoms with Gasteiger partial charge in [0.05, 0.1) is 20.8 Å². The number of benzene rings is 2. The molecule has 0 saturated heterocycles. The summed E-state index contributed by atoms with van der Waals surface area (Å²) < 4.78 is 21.5. The SMILES string of the molecule is CC[C@H](Oc1ccc(OC)cc1)C(=O)NCCOc1ccc(OC)cc1. The molecule has 0 aromatic heterocycles. The third-order valence-electron chi connectivity index (χ3n) is 3.73. The van der Waals surface area contributed by atoms with Crippen molar-refractivity contribution >= 4 is 5.91 Å². The van der Waals surface area contributed by atoms with E-state index in [-0.39, 0.29) is 5.91 Å². The number of carbonyl (C=O) groups excluding carboxylic acids is 1. The van der Waals surface area contributed by atoms with Crippen LogP contribution in [0.5, 0.6) is 23.0 Å². The Bertz CT molecular complexity index is 670. The molecule has 0 spiro atoms. The van der Waals surface area contributed by atoms with Gasteiger partial charge in [-0.3, -0.25) is 4.79 Å². The zero-order valence-corrected chi connectivity index (χ0v) is 15.4. The van der Waals surface area contributed by atoms with Gasteiger partial charge in [0.15, 0.2) is 6.10 Å². The fourth-order valence-electron chi connectivity index (χ4n) is 2.27. The van der Waals surface area contributed by atoms with Gasteiger partial charge in [0.25, 0.3) is 5.91 Å². The minimum Gasteiger partial charge on any atom is -0.497 e. The van der Waals surface area contributed by atoms with Crippen molar-refractivity contribution in [3.05, 3.63) is 48.5 Å². The van der Waals surface area contributed by atoms with E-state index in [9.17, 15) is 4.79 Å². The predicted octanol–water partition coefficient (Wildman–Crippen LogP) is 3.06. The van der Waals surface area contributed by atoms with E-state index in [1.807, 2.05) is 31.2 Å². The Morgan fingerprint density at radius 2 is 1.38 bits per heavy atom. The molecular formula is C20H25NO5. The van der Waals surface area contributed by atoms with E-state index in [1.54, 1.807) is 38.5 Å². The fourth-order valence-corrected chi connectivity index (χ4v) is 2.27. The average molecular weight is 359 g/mol. The van der Waals surface area contributed by atoms with Gasteiger partial charge in [-0.15, -0.1) is 0 Å². The van der Waals surface area contributed by atoms with E-state index in [0.29, 0.717) is 25.3 Å². The van der Waals surface area contributed by atoms with Crippen LogP contribution >= 0.6 is 0 Å². The normalized spacial score (nSPS) is 11.3. The smallest absolute Gasteiger partial charge is 0.261 e. The maximum atomic E-state index is 12.3. The summed E-state index contributed by atoms with van der Waals surface area (Å²) in [7, 11) is 3.22. The number of methoxy groups -OCH3 is 2. The number of hydrogen-bond acceptors (Lipinski definition) is 5. The standard InChI is InChI=1S/C20H25NO5/c1-4-19(26-18-11-7-16(24-3)8-12-18)20(22)21-13-14-25-17-9-5-15(23-2)6-10-17/h5-12,19H,4,13-14H2,1-3H3,(H,21,22)/t19-/m0/s1. The molecule has 0 saturated carbocycles. The summed E-state index contributed by atoms with van der Waals surface area (Å²) in [5.74, 6) is 2.70. The van der Waals surface area contributed by atoms with Gasteiger partial charge < -0.3 is 24.3 Å². The van der Waals surface area contributed by atoms with Crippen LogP contribution in [0.4, 0.5) is 0 Å². The molecule has 6 nitrogen and oxygen atoms in total. The van der Waals surface area contributed by atoms with Crippen molar-refractivity contribution < 1.29 is 23.7 Å². The third kappa shape index (κ3) is 5.88. The van der Waals surface area contributed by atoms with Gasteiger partial charge in [-0.1, -0.05) is 6.92 Å². The summed E-state index contributed by atoms with van der Waals surface area (Å²) in [5.41, 5.74) is 0. The second-order valence-electron chi connectivity index (χ2n) is 5.51. The topological polar surface area (TPSA) is 66.0 Å². The number of carbonyl (C=O) groups is 1. The van der Waals surface area contributed by atoms with Gasteiger partial charge in [0.1, 0.15) is 29.6 Å². The molecule has 6 heteroatoms. The molecule has 0 aliphatic carbocycles. The Labute approximate surface area is 154 Å². The first-order valence-electron chi connectivity index (χ1n) is 8.51. The van der Waals surface area contributed by atoms with Crippen LogP contribution in [0.3, 0.4) is 0 Å². The highest BCUT2D eigenvalue weighted by atomic mass is 16.5. The second kappa shape index (κ2) is 10.2. The fraction of sp³-hybridized carbons (Fsp3) is 0.350. The van der Waals surface area contributed by atoms with Crippen LogP contribution in [-0.2, 0) is 4.79 Å². The van der Waals surface area contributed by atoms with Crippen molar-refractivity contribution in [2.24, 2.45) is 0 Å². The van der Waals surface area contributed by atoms with Crippen molar-refractivity contribution in [1.29, 1.82) is 0 Å². The summed E-state index contributed by atoms with van der Waals surface area (Å²) in [6.45, 7) is 2.67. The average Bonchev–Trinajstić information content (AvgIpc) is 2.70. The molecule has 2 aromatic carbocycles. The molecule has 26 heavy (non-hydrogen) atoms. The molecule has 0 radical (unpaired) electrons. The molecule has 2 aromatic rings. The quantitative estimate of drug-likeness (QED) is 0.661. The lowest BCUT2D eigenvalue weighted by atomic mass is 10.2. The van der Waals surface area contributed by atoms with Crippen LogP contribution in [0.1, 0.15) is 13.3 Å². The number of nitrogens with one attached hydrogen (secondary N) is 1. The molecule has 1 amide bonds. The molecule has 0 heterocycles. The van der Waals surface area contributed by atoms with E-state index in [1.165, 1.54) is 0 Å². The van der Waals surface area contributed by atoms with Crippen molar-refractivity contribution in [3.63, 3.8) is 0 Å². The maximum Gasteiger partial charge on any atom is 0.261 e. The first kappa shape index (κ1) is 19.4. The van der Waals surface area contributed by atoms with E-state index in [0.717, 1.165) is 17.2 Å². The zero-order valence-electron chi connectivity index (χ0n) is 15.4. The lowest BCUT2D eigenvalue weighted by Crippen LogP contribution is -2.39. The Morgan fingerprint density at radius 3 is 1.88 bits per heavy atom. The van der Waals surface area contributed by atoms with Crippen LogP contribution in [0.2, 0.25) is 0 Å². The number of rotatable bonds is 10. The van der Waals surface area contributed by atoms with Gasteiger partial charge in [-0.2, -0.15) is 0 Å². The highest BCUT2D eigenvalue weighted by molar-refractivity contribution is 5.81. The molecule has 0 bridgehead atoms. The Morgan fingerprint density at radius 1 is 0.885 bits per heavy atom. The lowest BCUT2D eigenvalue weighted by Gasteiger charge is -2.17.